The average molecular weight is 278 g/mol. The summed E-state index contributed by atoms with van der Waals surface area (Å²) in [7, 11) is -1.05. The third-order valence-electron chi connectivity index (χ3n) is 2.18. The molecule has 0 aliphatic carbocycles. The minimum absolute atomic E-state index is 0.143. The summed E-state index contributed by atoms with van der Waals surface area (Å²) >= 11 is 0. The van der Waals surface area contributed by atoms with Gasteiger partial charge in [0.15, 0.2) is 0 Å². The summed E-state index contributed by atoms with van der Waals surface area (Å²) in [6.45, 7) is 1.88. The summed E-state index contributed by atoms with van der Waals surface area (Å²) in [5, 5.41) is 13.2. The second-order valence-electron chi connectivity index (χ2n) is 3.40. The van der Waals surface area contributed by atoms with E-state index in [2.05, 4.69) is 5.32 Å². The van der Waals surface area contributed by atoms with Crippen molar-refractivity contribution in [2.24, 2.45) is 0 Å². The lowest BCUT2D eigenvalue weighted by molar-refractivity contribution is -0.386. The van der Waals surface area contributed by atoms with Crippen molar-refractivity contribution in [2.45, 2.75) is 6.92 Å². The molecule has 0 amide bonds. The maximum atomic E-state index is 13.2. The molecule has 5 nitrogen and oxygen atoms in total. The molecule has 0 heterocycles. The highest BCUT2D eigenvalue weighted by Crippen LogP contribution is 2.28. The largest absolute Gasteiger partial charge is 0.378 e. The van der Waals surface area contributed by atoms with Gasteiger partial charge in [-0.1, -0.05) is 6.92 Å². The minimum atomic E-state index is -1.24. The van der Waals surface area contributed by atoms with Crippen LogP contribution in [0.2, 0.25) is 0 Å². The molecule has 0 saturated carbocycles. The quantitative estimate of drug-likeness (QED) is 0.638. The Labute approximate surface area is 105 Å². The van der Waals surface area contributed by atoms with Crippen molar-refractivity contribution in [3.63, 3.8) is 0 Å². The second-order valence-corrected chi connectivity index (χ2v) is 5.27. The van der Waals surface area contributed by atoms with Crippen LogP contribution in [0.15, 0.2) is 12.1 Å². The molecule has 8 heteroatoms. The van der Waals surface area contributed by atoms with E-state index in [0.29, 0.717) is 11.8 Å². The lowest BCUT2D eigenvalue weighted by Gasteiger charge is -2.07. The molecule has 1 rings (SSSR count). The molecule has 0 saturated heterocycles. The molecule has 18 heavy (non-hydrogen) atoms. The lowest BCUT2D eigenvalue weighted by atomic mass is 10.2. The van der Waals surface area contributed by atoms with Crippen LogP contribution in [-0.4, -0.2) is 27.2 Å². The van der Waals surface area contributed by atoms with Crippen molar-refractivity contribution in [1.82, 2.24) is 0 Å². The highest BCUT2D eigenvalue weighted by atomic mass is 32.2. The zero-order chi connectivity index (χ0) is 13.7. The molecule has 0 fully saturated rings. The molecule has 1 aromatic carbocycles. The maximum absolute atomic E-state index is 13.2. The number of benzene rings is 1. The topological polar surface area (TPSA) is 72.2 Å². The fourth-order valence-corrected chi connectivity index (χ4v) is 1.95. The molecule has 0 aliphatic heterocycles. The third kappa shape index (κ3) is 3.73. The van der Waals surface area contributed by atoms with Crippen LogP contribution >= 0.6 is 0 Å². The van der Waals surface area contributed by atoms with Crippen LogP contribution in [0.3, 0.4) is 0 Å². The van der Waals surface area contributed by atoms with Crippen LogP contribution in [-0.2, 0) is 10.8 Å². The van der Waals surface area contributed by atoms with Gasteiger partial charge in [0, 0.05) is 41.0 Å². The summed E-state index contributed by atoms with van der Waals surface area (Å²) in [4.78, 5) is 9.73. The Hall–Kier alpha value is -1.57. The van der Waals surface area contributed by atoms with Gasteiger partial charge in [-0.3, -0.25) is 14.3 Å². The van der Waals surface area contributed by atoms with Gasteiger partial charge in [0.2, 0.25) is 5.82 Å². The Kier molecular flexibility index (Phi) is 5.14. The van der Waals surface area contributed by atoms with E-state index in [-0.39, 0.29) is 18.0 Å². The van der Waals surface area contributed by atoms with E-state index < -0.39 is 33.0 Å². The van der Waals surface area contributed by atoms with E-state index in [1.165, 1.54) is 0 Å². The van der Waals surface area contributed by atoms with Gasteiger partial charge < -0.3 is 5.32 Å². The molecule has 1 aromatic rings. The van der Waals surface area contributed by atoms with E-state index in [4.69, 9.17) is 0 Å². The molecule has 1 unspecified atom stereocenters. The van der Waals surface area contributed by atoms with Gasteiger partial charge in [-0.25, -0.2) is 4.39 Å². The first kappa shape index (κ1) is 14.5. The van der Waals surface area contributed by atoms with Crippen LogP contribution in [0.1, 0.15) is 6.92 Å². The molecular formula is C10H12F2N2O3S. The number of anilines is 1. The summed E-state index contributed by atoms with van der Waals surface area (Å²) in [6, 6.07) is 1.30. The van der Waals surface area contributed by atoms with Crippen molar-refractivity contribution in [1.29, 1.82) is 0 Å². The number of hydrogen-bond donors (Lipinski definition) is 1. The van der Waals surface area contributed by atoms with Crippen molar-refractivity contribution >= 4 is 22.2 Å². The molecule has 100 valence electrons. The van der Waals surface area contributed by atoms with E-state index in [1.54, 1.807) is 6.92 Å². The number of nitrogens with zero attached hydrogens (tertiary/aromatic N) is 1. The van der Waals surface area contributed by atoms with Crippen molar-refractivity contribution < 1.29 is 17.9 Å². The first-order chi connectivity index (χ1) is 8.45. The van der Waals surface area contributed by atoms with Crippen LogP contribution < -0.4 is 5.32 Å². The van der Waals surface area contributed by atoms with Gasteiger partial charge in [0.1, 0.15) is 11.5 Å². The average Bonchev–Trinajstić information content (AvgIpc) is 2.27. The number of hydrogen-bond acceptors (Lipinski definition) is 4. The first-order valence-corrected chi connectivity index (χ1v) is 6.66. The van der Waals surface area contributed by atoms with Gasteiger partial charge in [0.05, 0.1) is 4.92 Å². The Morgan fingerprint density at radius 3 is 2.67 bits per heavy atom. The molecule has 0 bridgehead atoms. The lowest BCUT2D eigenvalue weighted by Crippen LogP contribution is -2.13. The number of halogens is 2. The van der Waals surface area contributed by atoms with Crippen molar-refractivity contribution in [2.75, 3.05) is 23.4 Å². The molecule has 1 N–H and O–H groups in total. The zero-order valence-electron chi connectivity index (χ0n) is 9.61. The van der Waals surface area contributed by atoms with E-state index in [9.17, 15) is 23.1 Å². The van der Waals surface area contributed by atoms with Crippen LogP contribution in [0, 0.1) is 21.7 Å². The fourth-order valence-electron chi connectivity index (χ4n) is 1.33. The zero-order valence-corrected chi connectivity index (χ0v) is 10.4. The molecule has 0 spiro atoms. The Morgan fingerprint density at radius 2 is 2.11 bits per heavy atom. The van der Waals surface area contributed by atoms with Crippen molar-refractivity contribution in [3.05, 3.63) is 33.9 Å². The summed E-state index contributed by atoms with van der Waals surface area (Å²) in [5.74, 6) is -1.43. The highest BCUT2D eigenvalue weighted by molar-refractivity contribution is 7.84. The van der Waals surface area contributed by atoms with Crippen LogP contribution in [0.25, 0.3) is 0 Å². The Morgan fingerprint density at radius 1 is 1.44 bits per heavy atom. The van der Waals surface area contributed by atoms with E-state index in [1.807, 2.05) is 0 Å². The first-order valence-electron chi connectivity index (χ1n) is 5.18. The van der Waals surface area contributed by atoms with Gasteiger partial charge in [-0.2, -0.15) is 4.39 Å². The highest BCUT2D eigenvalue weighted by Gasteiger charge is 2.21. The third-order valence-corrected chi connectivity index (χ3v) is 3.48. The standard InChI is InChI=1S/C10H12F2N2O3S/c1-2-18(17)4-3-13-9-6-7(11)5-8(12)10(9)14(15)16/h5-6,13H,2-4H2,1H3. The van der Waals surface area contributed by atoms with E-state index >= 15 is 0 Å². The summed E-state index contributed by atoms with van der Waals surface area (Å²) in [6.07, 6.45) is 0. The normalized spacial score (nSPS) is 12.2. The van der Waals surface area contributed by atoms with Gasteiger partial charge >= 0.3 is 5.69 Å². The van der Waals surface area contributed by atoms with Gasteiger partial charge in [0.25, 0.3) is 0 Å². The predicted molar refractivity (Wildman–Crippen MR) is 65.1 cm³/mol. The number of nitrogens with one attached hydrogen (secondary N) is 1. The molecular weight excluding hydrogens is 266 g/mol. The molecule has 0 radical (unpaired) electrons. The Bertz CT molecular complexity index is 482. The minimum Gasteiger partial charge on any atom is -0.378 e. The predicted octanol–water partition coefficient (Wildman–Crippen LogP) is 2.05. The smallest absolute Gasteiger partial charge is 0.327 e. The number of nitro groups is 1. The second kappa shape index (κ2) is 6.39. The van der Waals surface area contributed by atoms with Crippen molar-refractivity contribution in [3.8, 4) is 0 Å². The number of rotatable bonds is 6. The maximum Gasteiger partial charge on any atom is 0.327 e. The summed E-state index contributed by atoms with van der Waals surface area (Å²) in [5.41, 5.74) is -1.05. The van der Waals surface area contributed by atoms with Gasteiger partial charge in [-0.15, -0.1) is 0 Å². The SMILES string of the molecule is CCS(=O)CCNc1cc(F)cc(F)c1[N+](=O)[O-]. The van der Waals surface area contributed by atoms with Gasteiger partial charge in [-0.05, 0) is 0 Å². The Balaban J connectivity index is 2.87. The molecule has 0 aliphatic rings. The van der Waals surface area contributed by atoms with E-state index in [0.717, 1.165) is 6.07 Å². The molecule has 1 atom stereocenters. The van der Waals surface area contributed by atoms with Crippen LogP contribution in [0.5, 0.6) is 0 Å². The number of nitro benzene ring substituents is 1. The summed E-state index contributed by atoms with van der Waals surface area (Å²) < 4.78 is 37.3. The molecule has 0 aromatic heterocycles. The monoisotopic (exact) mass is 278 g/mol. The van der Waals surface area contributed by atoms with Crippen LogP contribution in [0.4, 0.5) is 20.2 Å². The fraction of sp³-hybridized carbons (Fsp3) is 0.400.